The van der Waals surface area contributed by atoms with E-state index in [4.69, 9.17) is 14.2 Å². The molecule has 0 fully saturated rings. The highest BCUT2D eigenvalue weighted by atomic mass is 16.6. The molecule has 0 aliphatic rings. The summed E-state index contributed by atoms with van der Waals surface area (Å²) in [6, 6.07) is 0. The summed E-state index contributed by atoms with van der Waals surface area (Å²) in [6.45, 7) is 11.4. The van der Waals surface area contributed by atoms with Crippen LogP contribution < -0.4 is 0 Å². The van der Waals surface area contributed by atoms with E-state index in [1.807, 2.05) is 0 Å². The Balaban J connectivity index is 4.30. The molecule has 3 atom stereocenters. The van der Waals surface area contributed by atoms with Crippen molar-refractivity contribution in [1.82, 2.24) is 0 Å². The molecular weight excluding hydrogens is 769 g/mol. The molecule has 0 aliphatic heterocycles. The zero-order chi connectivity index (χ0) is 45.4. The summed E-state index contributed by atoms with van der Waals surface area (Å²) in [6.07, 6.45) is 50.8. The van der Waals surface area contributed by atoms with E-state index in [0.717, 1.165) is 69.6 Å². The molecule has 368 valence electrons. The Hall–Kier alpha value is -1.59. The Kier molecular flexibility index (Phi) is 47.6. The van der Waals surface area contributed by atoms with Gasteiger partial charge in [-0.2, -0.15) is 0 Å². The first kappa shape index (κ1) is 60.4. The summed E-state index contributed by atoms with van der Waals surface area (Å²) >= 11 is 0. The predicted molar refractivity (Wildman–Crippen MR) is 266 cm³/mol. The third kappa shape index (κ3) is 46.4. The third-order valence-corrected chi connectivity index (χ3v) is 13.4. The Morgan fingerprint density at radius 1 is 0.323 bits per heavy atom. The van der Waals surface area contributed by atoms with Gasteiger partial charge in [0.2, 0.25) is 0 Å². The first-order valence-electron chi connectivity index (χ1n) is 27.8. The normalized spacial score (nSPS) is 12.9. The van der Waals surface area contributed by atoms with Crippen molar-refractivity contribution in [2.75, 3.05) is 13.2 Å². The summed E-state index contributed by atoms with van der Waals surface area (Å²) in [5.74, 6) is 0.872. The third-order valence-electron chi connectivity index (χ3n) is 13.4. The number of carbonyl (C=O) groups is 3. The second-order valence-corrected chi connectivity index (χ2v) is 19.7. The van der Waals surface area contributed by atoms with Gasteiger partial charge in [0.25, 0.3) is 0 Å². The lowest BCUT2D eigenvalue weighted by Gasteiger charge is -2.18. The maximum atomic E-state index is 12.8. The topological polar surface area (TPSA) is 78.9 Å². The smallest absolute Gasteiger partial charge is 0.306 e. The number of hydrogen-bond donors (Lipinski definition) is 0. The molecular formula is C56H108O6. The van der Waals surface area contributed by atoms with Crippen molar-refractivity contribution in [3.05, 3.63) is 0 Å². The molecule has 0 amide bonds. The number of rotatable bonds is 50. The maximum absolute atomic E-state index is 12.8. The monoisotopic (exact) mass is 877 g/mol. The Morgan fingerprint density at radius 2 is 0.565 bits per heavy atom. The number of unbranched alkanes of at least 4 members (excludes halogenated alkanes) is 33. The molecule has 0 aromatic rings. The molecule has 0 rings (SSSR count). The number of ether oxygens (including phenoxy) is 3. The molecule has 0 spiro atoms. The van der Waals surface area contributed by atoms with E-state index in [1.165, 1.54) is 199 Å². The van der Waals surface area contributed by atoms with Gasteiger partial charge >= 0.3 is 17.9 Å². The molecule has 0 N–H and O–H groups in total. The van der Waals surface area contributed by atoms with Gasteiger partial charge in [-0.05, 0) is 31.1 Å². The fourth-order valence-electron chi connectivity index (χ4n) is 8.46. The summed E-state index contributed by atoms with van der Waals surface area (Å²) < 4.78 is 16.9. The average Bonchev–Trinajstić information content (AvgIpc) is 3.27. The highest BCUT2D eigenvalue weighted by molar-refractivity contribution is 5.71. The van der Waals surface area contributed by atoms with Crippen LogP contribution in [0.25, 0.3) is 0 Å². The van der Waals surface area contributed by atoms with Gasteiger partial charge in [-0.15, -0.1) is 0 Å². The predicted octanol–water partition coefficient (Wildman–Crippen LogP) is 18.1. The molecule has 0 bridgehead atoms. The molecule has 0 heterocycles. The van der Waals surface area contributed by atoms with E-state index in [9.17, 15) is 14.4 Å². The van der Waals surface area contributed by atoms with Crippen molar-refractivity contribution in [3.8, 4) is 0 Å². The standard InChI is InChI=1S/C56H108O6/c1-6-9-10-11-12-13-14-15-16-17-18-19-20-21-26-33-38-43-48-56(59)62-53(50-61-55(58)47-42-37-32-28-27-30-35-40-45-52(5)8-3)49-60-54(57)46-41-36-31-25-23-22-24-29-34-39-44-51(4)7-2/h51-53H,6-50H2,1-5H3/t51?,52?,53-/m0/s1. The average molecular weight is 877 g/mol. The van der Waals surface area contributed by atoms with E-state index in [-0.39, 0.29) is 31.1 Å². The van der Waals surface area contributed by atoms with Crippen LogP contribution in [0.3, 0.4) is 0 Å². The second kappa shape index (κ2) is 48.9. The van der Waals surface area contributed by atoms with Crippen LogP contribution in [0.5, 0.6) is 0 Å². The lowest BCUT2D eigenvalue weighted by molar-refractivity contribution is -0.167. The molecule has 0 aromatic carbocycles. The molecule has 0 aromatic heterocycles. The quantitative estimate of drug-likeness (QED) is 0.0344. The highest BCUT2D eigenvalue weighted by Crippen LogP contribution is 2.19. The molecule has 6 nitrogen and oxygen atoms in total. The summed E-state index contributed by atoms with van der Waals surface area (Å²) in [5, 5.41) is 0. The van der Waals surface area contributed by atoms with E-state index in [1.54, 1.807) is 0 Å². The van der Waals surface area contributed by atoms with Gasteiger partial charge in [0, 0.05) is 19.3 Å². The summed E-state index contributed by atoms with van der Waals surface area (Å²) in [4.78, 5) is 38.0. The van der Waals surface area contributed by atoms with Crippen LogP contribution in [0.15, 0.2) is 0 Å². The van der Waals surface area contributed by atoms with Gasteiger partial charge in [-0.1, -0.05) is 272 Å². The zero-order valence-corrected chi connectivity index (χ0v) is 42.5. The lowest BCUT2D eigenvalue weighted by Crippen LogP contribution is -2.30. The van der Waals surface area contributed by atoms with Crippen molar-refractivity contribution >= 4 is 17.9 Å². The molecule has 62 heavy (non-hydrogen) atoms. The number of hydrogen-bond acceptors (Lipinski definition) is 6. The lowest BCUT2D eigenvalue weighted by atomic mass is 9.99. The first-order chi connectivity index (χ1) is 30.3. The van der Waals surface area contributed by atoms with E-state index in [0.29, 0.717) is 19.3 Å². The first-order valence-corrected chi connectivity index (χ1v) is 27.8. The van der Waals surface area contributed by atoms with Gasteiger partial charge in [0.15, 0.2) is 6.10 Å². The molecule has 0 aliphatic carbocycles. The van der Waals surface area contributed by atoms with Gasteiger partial charge in [-0.25, -0.2) is 0 Å². The SMILES string of the molecule is CCCCCCCCCCCCCCCCCCCCC(=O)O[C@@H](COC(=O)CCCCCCCCCCCCC(C)CC)COC(=O)CCCCCCCCCCC(C)CC. The van der Waals surface area contributed by atoms with Crippen LogP contribution in [-0.4, -0.2) is 37.2 Å². The van der Waals surface area contributed by atoms with Gasteiger partial charge in [0.05, 0.1) is 0 Å². The van der Waals surface area contributed by atoms with E-state index < -0.39 is 6.10 Å². The second-order valence-electron chi connectivity index (χ2n) is 19.7. The van der Waals surface area contributed by atoms with Crippen LogP contribution in [-0.2, 0) is 28.6 Å². The van der Waals surface area contributed by atoms with Crippen LogP contribution >= 0.6 is 0 Å². The fourth-order valence-corrected chi connectivity index (χ4v) is 8.46. The minimum atomic E-state index is -0.763. The van der Waals surface area contributed by atoms with E-state index >= 15 is 0 Å². The molecule has 2 unspecified atom stereocenters. The Morgan fingerprint density at radius 3 is 0.839 bits per heavy atom. The van der Waals surface area contributed by atoms with Gasteiger partial charge < -0.3 is 14.2 Å². The van der Waals surface area contributed by atoms with Crippen molar-refractivity contribution in [2.24, 2.45) is 11.8 Å². The minimum Gasteiger partial charge on any atom is -0.462 e. The largest absolute Gasteiger partial charge is 0.462 e. The Labute approximate surface area is 387 Å². The molecule has 0 radical (unpaired) electrons. The van der Waals surface area contributed by atoms with Gasteiger partial charge in [-0.3, -0.25) is 14.4 Å². The summed E-state index contributed by atoms with van der Waals surface area (Å²) in [7, 11) is 0. The van der Waals surface area contributed by atoms with Crippen molar-refractivity contribution in [1.29, 1.82) is 0 Å². The number of carbonyl (C=O) groups excluding carboxylic acids is 3. The minimum absolute atomic E-state index is 0.0638. The fraction of sp³-hybridized carbons (Fsp3) is 0.946. The number of esters is 3. The van der Waals surface area contributed by atoms with Crippen LogP contribution in [0.2, 0.25) is 0 Å². The maximum Gasteiger partial charge on any atom is 0.306 e. The van der Waals surface area contributed by atoms with Crippen molar-refractivity contribution in [3.63, 3.8) is 0 Å². The summed E-state index contributed by atoms with van der Waals surface area (Å²) in [5.41, 5.74) is 0. The highest BCUT2D eigenvalue weighted by Gasteiger charge is 2.19. The van der Waals surface area contributed by atoms with Crippen LogP contribution in [0, 0.1) is 11.8 Å². The molecule has 0 saturated heterocycles. The van der Waals surface area contributed by atoms with Crippen molar-refractivity contribution in [2.45, 2.75) is 317 Å². The zero-order valence-electron chi connectivity index (χ0n) is 42.5. The van der Waals surface area contributed by atoms with Crippen LogP contribution in [0.4, 0.5) is 0 Å². The van der Waals surface area contributed by atoms with Crippen molar-refractivity contribution < 1.29 is 28.6 Å². The Bertz CT molecular complexity index is 951. The molecule has 6 heteroatoms. The molecule has 0 saturated carbocycles. The van der Waals surface area contributed by atoms with Crippen LogP contribution in [0.1, 0.15) is 311 Å². The van der Waals surface area contributed by atoms with Gasteiger partial charge in [0.1, 0.15) is 13.2 Å². The van der Waals surface area contributed by atoms with E-state index in [2.05, 4.69) is 34.6 Å².